The summed E-state index contributed by atoms with van der Waals surface area (Å²) in [5.41, 5.74) is 6.74. The van der Waals surface area contributed by atoms with Crippen molar-refractivity contribution < 1.29 is 14.4 Å². The van der Waals surface area contributed by atoms with E-state index in [4.69, 9.17) is 28.9 Å². The maximum atomic E-state index is 13.1. The summed E-state index contributed by atoms with van der Waals surface area (Å²) in [6.07, 6.45) is -0.272. The van der Waals surface area contributed by atoms with Gasteiger partial charge in [0.25, 0.3) is 0 Å². The molecule has 1 heterocycles. The summed E-state index contributed by atoms with van der Waals surface area (Å²) in [4.78, 5) is 42.7. The molecule has 30 heavy (non-hydrogen) atoms. The van der Waals surface area contributed by atoms with Crippen LogP contribution in [0.2, 0.25) is 10.0 Å². The zero-order chi connectivity index (χ0) is 21.8. The summed E-state index contributed by atoms with van der Waals surface area (Å²) in [6, 6.07) is 12.4. The topological polar surface area (TPSA) is 102 Å². The highest BCUT2D eigenvalue weighted by Crippen LogP contribution is 2.28. The highest BCUT2D eigenvalue weighted by Gasteiger charge is 2.36. The predicted molar refractivity (Wildman–Crippen MR) is 117 cm³/mol. The van der Waals surface area contributed by atoms with Gasteiger partial charge in [-0.15, -0.1) is 0 Å². The summed E-state index contributed by atoms with van der Waals surface area (Å²) in [7, 11) is 0. The van der Waals surface area contributed by atoms with Crippen LogP contribution in [0.1, 0.15) is 40.5 Å². The van der Waals surface area contributed by atoms with E-state index in [2.05, 4.69) is 10.3 Å². The number of carbonyl (C=O) groups is 3. The molecule has 2 aromatic rings. The molecule has 2 aromatic carbocycles. The van der Waals surface area contributed by atoms with Crippen LogP contribution in [0.5, 0.6) is 0 Å². The van der Waals surface area contributed by atoms with Crippen LogP contribution in [-0.2, 0) is 4.79 Å². The third-order valence-electron chi connectivity index (χ3n) is 4.92. The first-order valence-electron chi connectivity index (χ1n) is 9.49. The summed E-state index contributed by atoms with van der Waals surface area (Å²) < 4.78 is 0. The maximum absolute atomic E-state index is 13.1. The Bertz CT molecular complexity index is 1000. The molecule has 3 atom stereocenters. The minimum Gasteiger partial charge on any atom is -0.332 e. The maximum Gasteiger partial charge on any atom is 0.238 e. The van der Waals surface area contributed by atoms with Crippen molar-refractivity contribution in [2.45, 2.75) is 32.0 Å². The number of nitrogens with two attached hydrogens (primary N) is 1. The van der Waals surface area contributed by atoms with Crippen LogP contribution in [-0.4, -0.2) is 35.4 Å². The molecule has 1 aliphatic heterocycles. The number of ketones is 2. The van der Waals surface area contributed by atoms with Crippen LogP contribution in [0.15, 0.2) is 53.5 Å². The molecule has 0 bridgehead atoms. The molecule has 0 aliphatic carbocycles. The number of aliphatic imine (C=N–C) groups is 1. The van der Waals surface area contributed by atoms with E-state index in [1.54, 1.807) is 48.5 Å². The lowest BCUT2D eigenvalue weighted by molar-refractivity contribution is -0.122. The fourth-order valence-corrected chi connectivity index (χ4v) is 3.61. The molecule has 1 amide bonds. The predicted octanol–water partition coefficient (Wildman–Crippen LogP) is 3.70. The van der Waals surface area contributed by atoms with Crippen molar-refractivity contribution in [3.63, 3.8) is 0 Å². The Morgan fingerprint density at radius 3 is 2.40 bits per heavy atom. The monoisotopic (exact) mass is 445 g/mol. The van der Waals surface area contributed by atoms with Crippen molar-refractivity contribution in [3.8, 4) is 0 Å². The third kappa shape index (κ3) is 4.95. The van der Waals surface area contributed by atoms with E-state index in [9.17, 15) is 14.4 Å². The number of carbonyl (C=O) groups excluding carboxylic acids is 3. The first kappa shape index (κ1) is 22.2. The van der Waals surface area contributed by atoms with Crippen molar-refractivity contribution in [1.29, 1.82) is 0 Å². The average molecular weight is 446 g/mol. The van der Waals surface area contributed by atoms with Crippen molar-refractivity contribution in [2.75, 3.05) is 0 Å². The van der Waals surface area contributed by atoms with Gasteiger partial charge >= 0.3 is 0 Å². The van der Waals surface area contributed by atoms with Gasteiger partial charge in [-0.05, 0) is 56.2 Å². The van der Waals surface area contributed by atoms with Gasteiger partial charge in [0.1, 0.15) is 6.17 Å². The van der Waals surface area contributed by atoms with Crippen molar-refractivity contribution in [2.24, 2.45) is 16.6 Å². The lowest BCUT2D eigenvalue weighted by Crippen LogP contribution is -2.50. The van der Waals surface area contributed by atoms with Gasteiger partial charge in [0.2, 0.25) is 11.7 Å². The molecule has 6 nitrogen and oxygen atoms in total. The molecule has 3 rings (SSSR count). The number of benzene rings is 2. The van der Waals surface area contributed by atoms with E-state index >= 15 is 0 Å². The van der Waals surface area contributed by atoms with Crippen LogP contribution < -0.4 is 11.1 Å². The Hall–Kier alpha value is -2.54. The number of nitrogens with zero attached hydrogens (tertiary/aromatic N) is 1. The van der Waals surface area contributed by atoms with Gasteiger partial charge in [-0.25, -0.2) is 0 Å². The van der Waals surface area contributed by atoms with Gasteiger partial charge in [0, 0.05) is 16.1 Å². The van der Waals surface area contributed by atoms with Crippen molar-refractivity contribution >= 4 is 46.4 Å². The number of hydrogen-bond donors (Lipinski definition) is 2. The van der Waals surface area contributed by atoms with Crippen LogP contribution in [0.3, 0.4) is 0 Å². The van der Waals surface area contributed by atoms with Gasteiger partial charge in [-0.3, -0.25) is 19.4 Å². The second-order valence-corrected chi connectivity index (χ2v) is 7.99. The Morgan fingerprint density at radius 2 is 1.77 bits per heavy atom. The molecule has 3 unspecified atom stereocenters. The summed E-state index contributed by atoms with van der Waals surface area (Å²) in [5.74, 6) is -1.62. The number of hydrogen-bond acceptors (Lipinski definition) is 5. The summed E-state index contributed by atoms with van der Waals surface area (Å²) in [6.45, 7) is 1.53. The first-order valence-corrected chi connectivity index (χ1v) is 10.2. The van der Waals surface area contributed by atoms with Gasteiger partial charge in [-0.2, -0.15) is 0 Å². The molecular formula is C22H21Cl2N3O3. The number of rotatable bonds is 6. The van der Waals surface area contributed by atoms with Crippen LogP contribution >= 0.6 is 23.2 Å². The highest BCUT2D eigenvalue weighted by molar-refractivity contribution is 6.46. The molecule has 0 spiro atoms. The fourth-order valence-electron chi connectivity index (χ4n) is 3.26. The van der Waals surface area contributed by atoms with Crippen LogP contribution in [0.4, 0.5) is 0 Å². The minimum atomic E-state index is -0.910. The SMILES string of the molecule is CC(N)C(=O)NC1N=C(C(=O)c2ccc(Cl)cc2)CCC1C(=O)c1ccccc1Cl. The minimum absolute atomic E-state index is 0.239. The van der Waals surface area contributed by atoms with E-state index < -0.39 is 24.0 Å². The molecular weight excluding hydrogens is 425 g/mol. The molecule has 0 saturated carbocycles. The summed E-state index contributed by atoms with van der Waals surface area (Å²) in [5, 5.41) is 3.54. The quantitative estimate of drug-likeness (QED) is 0.661. The first-order chi connectivity index (χ1) is 14.3. The normalized spacial score (nSPS) is 19.5. The highest BCUT2D eigenvalue weighted by atomic mass is 35.5. The number of amides is 1. The number of halogens is 2. The van der Waals surface area contributed by atoms with Crippen molar-refractivity contribution in [1.82, 2.24) is 5.32 Å². The zero-order valence-electron chi connectivity index (χ0n) is 16.3. The number of nitrogens with one attached hydrogen (secondary N) is 1. The number of Topliss-reactive ketones (excluding diaryl/α,β-unsaturated/α-hetero) is 2. The Kier molecular flexibility index (Phi) is 7.02. The molecule has 8 heteroatoms. The molecule has 0 aromatic heterocycles. The standard InChI is InChI=1S/C22H21Cl2N3O3/c1-12(25)22(30)27-21-16(20(29)15-4-2-3-5-17(15)24)10-11-18(26-21)19(28)13-6-8-14(23)9-7-13/h2-9,12,16,21H,10-11,25H2,1H3,(H,27,30). The van der Waals surface area contributed by atoms with E-state index in [-0.39, 0.29) is 17.3 Å². The molecule has 156 valence electrons. The third-order valence-corrected chi connectivity index (χ3v) is 5.50. The van der Waals surface area contributed by atoms with E-state index in [1.807, 2.05) is 0 Å². The van der Waals surface area contributed by atoms with Gasteiger partial charge in [0.15, 0.2) is 5.78 Å². The van der Waals surface area contributed by atoms with E-state index in [0.29, 0.717) is 34.0 Å². The molecule has 1 aliphatic rings. The Morgan fingerprint density at radius 1 is 1.10 bits per heavy atom. The van der Waals surface area contributed by atoms with Gasteiger partial charge < -0.3 is 11.1 Å². The average Bonchev–Trinajstić information content (AvgIpc) is 2.73. The van der Waals surface area contributed by atoms with Crippen LogP contribution in [0, 0.1) is 5.92 Å². The zero-order valence-corrected chi connectivity index (χ0v) is 17.8. The summed E-state index contributed by atoms with van der Waals surface area (Å²) >= 11 is 12.1. The molecule has 0 fully saturated rings. The molecule has 0 saturated heterocycles. The lowest BCUT2D eigenvalue weighted by Gasteiger charge is -2.29. The van der Waals surface area contributed by atoms with E-state index in [0.717, 1.165) is 0 Å². The van der Waals surface area contributed by atoms with E-state index in [1.165, 1.54) is 6.92 Å². The van der Waals surface area contributed by atoms with Gasteiger partial charge in [0.05, 0.1) is 22.7 Å². The second kappa shape index (κ2) is 9.51. The smallest absolute Gasteiger partial charge is 0.238 e. The van der Waals surface area contributed by atoms with Crippen molar-refractivity contribution in [3.05, 3.63) is 69.7 Å². The Balaban J connectivity index is 1.92. The Labute approximate surface area is 184 Å². The van der Waals surface area contributed by atoms with Gasteiger partial charge in [-0.1, -0.05) is 35.3 Å². The largest absolute Gasteiger partial charge is 0.332 e. The molecule has 3 N–H and O–H groups in total. The second-order valence-electron chi connectivity index (χ2n) is 7.14. The van der Waals surface area contributed by atoms with Crippen LogP contribution in [0.25, 0.3) is 0 Å². The fraction of sp³-hybridized carbons (Fsp3) is 0.273. The molecule has 0 radical (unpaired) electrons. The lowest BCUT2D eigenvalue weighted by atomic mass is 9.86.